The van der Waals surface area contributed by atoms with Gasteiger partial charge >= 0.3 is 5.97 Å². The molecule has 0 aliphatic carbocycles. The molecule has 0 aromatic rings. The molecule has 0 saturated carbocycles. The van der Waals surface area contributed by atoms with Gasteiger partial charge in [0.15, 0.2) is 0 Å². The number of nitrogens with one attached hydrogen (secondary N) is 1. The van der Waals surface area contributed by atoms with Gasteiger partial charge in [0, 0.05) is 25.0 Å². The van der Waals surface area contributed by atoms with Gasteiger partial charge < -0.3 is 15.3 Å². The molecular weight excluding hydrogens is 248 g/mol. The first-order chi connectivity index (χ1) is 9.08. The summed E-state index contributed by atoms with van der Waals surface area (Å²) in [5.74, 6) is -1.33. The van der Waals surface area contributed by atoms with Gasteiger partial charge in [-0.2, -0.15) is 0 Å². The number of carbonyl (C=O) groups excluding carboxylic acids is 2. The summed E-state index contributed by atoms with van der Waals surface area (Å²) in [6, 6.07) is -0.0381. The number of hydrogen-bond donors (Lipinski definition) is 2. The van der Waals surface area contributed by atoms with E-state index in [4.69, 9.17) is 0 Å². The highest BCUT2D eigenvalue weighted by molar-refractivity contribution is 5.85. The Morgan fingerprint density at radius 3 is 2.63 bits per heavy atom. The van der Waals surface area contributed by atoms with E-state index in [2.05, 4.69) is 5.32 Å². The molecule has 4 atom stereocenters. The molecule has 3 aliphatic heterocycles. The van der Waals surface area contributed by atoms with Gasteiger partial charge in [-0.05, 0) is 25.7 Å². The van der Waals surface area contributed by atoms with Gasteiger partial charge in [-0.1, -0.05) is 0 Å². The lowest BCUT2D eigenvalue weighted by Gasteiger charge is -2.30. The van der Waals surface area contributed by atoms with Crippen molar-refractivity contribution in [3.63, 3.8) is 0 Å². The van der Waals surface area contributed by atoms with E-state index in [1.165, 1.54) is 0 Å². The Balaban J connectivity index is 1.71. The first kappa shape index (κ1) is 12.4. The summed E-state index contributed by atoms with van der Waals surface area (Å²) >= 11 is 0. The third-order valence-electron chi connectivity index (χ3n) is 4.72. The molecule has 3 saturated heterocycles. The average molecular weight is 266 g/mol. The number of piperidine rings is 1. The second-order valence-electron chi connectivity index (χ2n) is 5.76. The summed E-state index contributed by atoms with van der Waals surface area (Å²) in [6.45, 7) is 0.394. The van der Waals surface area contributed by atoms with Crippen LogP contribution in [0, 0.1) is 11.8 Å². The number of hydrogen-bond acceptors (Lipinski definition) is 3. The SMILES string of the molecule is O=C1CCC(C(=O)N2C3CCC2C(C(=O)O)C3)CN1. The summed E-state index contributed by atoms with van der Waals surface area (Å²) in [5, 5.41) is 11.9. The minimum Gasteiger partial charge on any atom is -0.481 e. The van der Waals surface area contributed by atoms with Gasteiger partial charge in [0.2, 0.25) is 11.8 Å². The second-order valence-corrected chi connectivity index (χ2v) is 5.76. The summed E-state index contributed by atoms with van der Waals surface area (Å²) < 4.78 is 0. The summed E-state index contributed by atoms with van der Waals surface area (Å²) in [7, 11) is 0. The van der Waals surface area contributed by atoms with Crippen molar-refractivity contribution >= 4 is 17.8 Å². The Morgan fingerprint density at radius 1 is 1.26 bits per heavy atom. The predicted molar refractivity (Wildman–Crippen MR) is 65.1 cm³/mol. The van der Waals surface area contributed by atoms with Crippen LogP contribution in [-0.2, 0) is 14.4 Å². The zero-order chi connectivity index (χ0) is 13.6. The number of nitrogens with zero attached hydrogens (tertiary/aromatic N) is 1. The van der Waals surface area contributed by atoms with Crippen LogP contribution in [0.3, 0.4) is 0 Å². The number of carboxylic acid groups (broad SMARTS) is 1. The van der Waals surface area contributed by atoms with E-state index in [-0.39, 0.29) is 29.8 Å². The quantitative estimate of drug-likeness (QED) is 0.735. The summed E-state index contributed by atoms with van der Waals surface area (Å²) in [6.07, 6.45) is 3.27. The fourth-order valence-corrected chi connectivity index (χ4v) is 3.75. The third kappa shape index (κ3) is 1.99. The molecule has 4 unspecified atom stereocenters. The van der Waals surface area contributed by atoms with E-state index in [9.17, 15) is 19.5 Å². The summed E-state index contributed by atoms with van der Waals surface area (Å²) in [4.78, 5) is 36.6. The Morgan fingerprint density at radius 2 is 2.05 bits per heavy atom. The maximum atomic E-state index is 12.5. The lowest BCUT2D eigenvalue weighted by atomic mass is 9.89. The van der Waals surface area contributed by atoms with Crippen LogP contribution in [0.2, 0.25) is 0 Å². The minimum atomic E-state index is -0.790. The average Bonchev–Trinajstić information content (AvgIpc) is 2.96. The fraction of sp³-hybridized carbons (Fsp3) is 0.769. The van der Waals surface area contributed by atoms with Crippen LogP contribution < -0.4 is 5.32 Å². The minimum absolute atomic E-state index is 0.00291. The van der Waals surface area contributed by atoms with Crippen molar-refractivity contribution in [2.45, 2.75) is 44.2 Å². The molecule has 6 nitrogen and oxygen atoms in total. The number of aliphatic carboxylic acids is 1. The van der Waals surface area contributed by atoms with Gasteiger partial charge in [-0.15, -0.1) is 0 Å². The number of amides is 2. The van der Waals surface area contributed by atoms with Gasteiger partial charge in [-0.25, -0.2) is 0 Å². The van der Waals surface area contributed by atoms with Crippen molar-refractivity contribution in [1.29, 1.82) is 0 Å². The molecule has 0 radical (unpaired) electrons. The van der Waals surface area contributed by atoms with Gasteiger partial charge in [0.05, 0.1) is 11.8 Å². The molecule has 0 spiro atoms. The maximum absolute atomic E-state index is 12.5. The molecule has 0 aromatic carbocycles. The van der Waals surface area contributed by atoms with Crippen molar-refractivity contribution in [2.24, 2.45) is 11.8 Å². The van der Waals surface area contributed by atoms with E-state index < -0.39 is 11.9 Å². The highest BCUT2D eigenvalue weighted by atomic mass is 16.4. The van der Waals surface area contributed by atoms with Crippen LogP contribution in [0.25, 0.3) is 0 Å². The van der Waals surface area contributed by atoms with Crippen LogP contribution in [0.1, 0.15) is 32.1 Å². The van der Waals surface area contributed by atoms with E-state index in [0.717, 1.165) is 12.8 Å². The highest BCUT2D eigenvalue weighted by Crippen LogP contribution is 2.42. The van der Waals surface area contributed by atoms with Crippen LogP contribution in [0.4, 0.5) is 0 Å². The van der Waals surface area contributed by atoms with Crippen LogP contribution >= 0.6 is 0 Å². The van der Waals surface area contributed by atoms with Crippen molar-refractivity contribution in [3.8, 4) is 0 Å². The van der Waals surface area contributed by atoms with Crippen LogP contribution in [-0.4, -0.2) is 46.4 Å². The molecular formula is C13H18N2O4. The molecule has 3 fully saturated rings. The molecule has 104 valence electrons. The third-order valence-corrected chi connectivity index (χ3v) is 4.72. The molecule has 2 N–H and O–H groups in total. The molecule has 6 heteroatoms. The normalized spacial score (nSPS) is 37.3. The van der Waals surface area contributed by atoms with Crippen LogP contribution in [0.15, 0.2) is 0 Å². The molecule has 2 bridgehead atoms. The van der Waals surface area contributed by atoms with Crippen molar-refractivity contribution in [1.82, 2.24) is 10.2 Å². The van der Waals surface area contributed by atoms with Crippen molar-refractivity contribution in [2.75, 3.05) is 6.54 Å². The smallest absolute Gasteiger partial charge is 0.308 e. The Kier molecular flexibility index (Phi) is 2.95. The predicted octanol–water partition coefficient (Wildman–Crippen LogP) is -0.0233. The second kappa shape index (κ2) is 4.51. The maximum Gasteiger partial charge on any atom is 0.308 e. The van der Waals surface area contributed by atoms with E-state index in [1.54, 1.807) is 4.90 Å². The first-order valence-corrected chi connectivity index (χ1v) is 6.89. The Bertz CT molecular complexity index is 426. The van der Waals surface area contributed by atoms with Crippen molar-refractivity contribution in [3.05, 3.63) is 0 Å². The number of rotatable bonds is 2. The lowest BCUT2D eigenvalue weighted by molar-refractivity contribution is -0.143. The molecule has 0 aromatic heterocycles. The number of carbonyl (C=O) groups is 3. The molecule has 3 heterocycles. The largest absolute Gasteiger partial charge is 0.481 e. The van der Waals surface area contributed by atoms with E-state index >= 15 is 0 Å². The van der Waals surface area contributed by atoms with E-state index in [1.807, 2.05) is 0 Å². The lowest BCUT2D eigenvalue weighted by Crippen LogP contribution is -2.47. The standard InChI is InChI=1S/C13H18N2O4/c16-11-4-1-7(6-14-11)12(17)15-8-2-3-10(15)9(5-8)13(18)19/h7-10H,1-6H2,(H,14,16)(H,18,19). The van der Waals surface area contributed by atoms with Gasteiger partial charge in [0.25, 0.3) is 0 Å². The molecule has 2 amide bonds. The summed E-state index contributed by atoms with van der Waals surface area (Å²) in [5.41, 5.74) is 0. The van der Waals surface area contributed by atoms with Gasteiger partial charge in [-0.3, -0.25) is 14.4 Å². The molecule has 3 rings (SSSR count). The molecule has 19 heavy (non-hydrogen) atoms. The monoisotopic (exact) mass is 266 g/mol. The fourth-order valence-electron chi connectivity index (χ4n) is 3.75. The topological polar surface area (TPSA) is 86.7 Å². The van der Waals surface area contributed by atoms with Crippen LogP contribution in [0.5, 0.6) is 0 Å². The highest BCUT2D eigenvalue weighted by Gasteiger charge is 2.52. The zero-order valence-electron chi connectivity index (χ0n) is 10.7. The van der Waals surface area contributed by atoms with Crippen molar-refractivity contribution < 1.29 is 19.5 Å². The van der Waals surface area contributed by atoms with E-state index in [0.29, 0.717) is 25.8 Å². The van der Waals surface area contributed by atoms with Gasteiger partial charge in [0.1, 0.15) is 0 Å². The number of fused-ring (bicyclic) bond motifs is 2. The zero-order valence-corrected chi connectivity index (χ0v) is 10.7. The Hall–Kier alpha value is -1.59. The molecule has 3 aliphatic rings. The Labute approximate surface area is 111 Å². The first-order valence-electron chi connectivity index (χ1n) is 6.89. The number of carboxylic acids is 1.